The van der Waals surface area contributed by atoms with E-state index in [2.05, 4.69) is 14.8 Å². The molecule has 9 nitrogen and oxygen atoms in total. The van der Waals surface area contributed by atoms with Crippen LogP contribution < -0.4 is 24.4 Å². The summed E-state index contributed by atoms with van der Waals surface area (Å²) in [4.78, 5) is 26.6. The van der Waals surface area contributed by atoms with Crippen LogP contribution in [0.2, 0.25) is 5.02 Å². The number of urea groups is 1. The second-order valence-electron chi connectivity index (χ2n) is 8.24. The van der Waals surface area contributed by atoms with Crippen molar-refractivity contribution < 1.29 is 45.0 Å². The third-order valence-electron chi connectivity index (χ3n) is 5.42. The first-order valence-electron chi connectivity index (χ1n) is 10.9. The van der Waals surface area contributed by atoms with E-state index in [1.54, 1.807) is 4.72 Å². The molecule has 0 aromatic heterocycles. The number of halogens is 5. The van der Waals surface area contributed by atoms with Crippen LogP contribution in [-0.2, 0) is 21.2 Å². The standard InChI is InChI=1S/C24H18ClF4N3O6S/c1-32(16-6-7-19-20(12-16)38-24(28,29)37-19)22(33)18(10-13-8-14(26)11-15(27)9-13)30-23(34)31-39(35,36)21-5-3-2-4-17(21)25/h2-9,11-12,18H,10H2,1H3,(H2,30,31,34). The van der Waals surface area contributed by atoms with E-state index in [1.807, 2.05) is 0 Å². The van der Waals surface area contributed by atoms with Gasteiger partial charge in [0, 0.05) is 31.3 Å². The summed E-state index contributed by atoms with van der Waals surface area (Å²) in [6, 6.07) is 8.26. The van der Waals surface area contributed by atoms with Crippen molar-refractivity contribution in [1.82, 2.24) is 10.0 Å². The molecule has 0 aliphatic carbocycles. The lowest BCUT2D eigenvalue weighted by molar-refractivity contribution is -0.286. The minimum atomic E-state index is -4.48. The van der Waals surface area contributed by atoms with E-state index < -0.39 is 57.2 Å². The molecule has 1 unspecified atom stereocenters. The monoisotopic (exact) mass is 587 g/mol. The summed E-state index contributed by atoms with van der Waals surface area (Å²) >= 11 is 5.90. The van der Waals surface area contributed by atoms with Gasteiger partial charge in [-0.25, -0.2) is 26.7 Å². The lowest BCUT2D eigenvalue weighted by Gasteiger charge is -2.25. The number of benzene rings is 3. The lowest BCUT2D eigenvalue weighted by Crippen LogP contribution is -2.52. The Hall–Kier alpha value is -4.04. The molecule has 4 rings (SSSR count). The van der Waals surface area contributed by atoms with E-state index >= 15 is 0 Å². The van der Waals surface area contributed by atoms with Gasteiger partial charge in [0.1, 0.15) is 22.6 Å². The van der Waals surface area contributed by atoms with Crippen LogP contribution in [0.3, 0.4) is 0 Å². The van der Waals surface area contributed by atoms with Gasteiger partial charge in [0.15, 0.2) is 11.5 Å². The number of fused-ring (bicyclic) bond motifs is 1. The van der Waals surface area contributed by atoms with Gasteiger partial charge in [0.25, 0.3) is 10.0 Å². The maximum Gasteiger partial charge on any atom is 0.586 e. The van der Waals surface area contributed by atoms with Crippen LogP contribution in [0, 0.1) is 11.6 Å². The van der Waals surface area contributed by atoms with Gasteiger partial charge in [-0.15, -0.1) is 8.78 Å². The quantitative estimate of drug-likeness (QED) is 0.401. The Bertz CT molecular complexity index is 1540. The van der Waals surface area contributed by atoms with E-state index in [0.717, 1.165) is 35.2 Å². The minimum absolute atomic E-state index is 0.0290. The van der Waals surface area contributed by atoms with Gasteiger partial charge in [0.2, 0.25) is 5.91 Å². The van der Waals surface area contributed by atoms with Gasteiger partial charge >= 0.3 is 12.3 Å². The van der Waals surface area contributed by atoms with E-state index in [1.165, 1.54) is 31.3 Å². The number of carbonyl (C=O) groups is 2. The number of sulfonamides is 1. The smallest absolute Gasteiger partial charge is 0.395 e. The normalized spacial score (nSPS) is 14.4. The van der Waals surface area contributed by atoms with E-state index in [4.69, 9.17) is 11.6 Å². The molecule has 2 N–H and O–H groups in total. The van der Waals surface area contributed by atoms with Gasteiger partial charge in [-0.2, -0.15) is 0 Å². The predicted molar refractivity (Wildman–Crippen MR) is 130 cm³/mol. The zero-order valence-electron chi connectivity index (χ0n) is 19.8. The number of carbonyl (C=O) groups excluding carboxylic acids is 2. The molecule has 39 heavy (non-hydrogen) atoms. The van der Waals surface area contributed by atoms with Gasteiger partial charge in [0.05, 0.1) is 5.02 Å². The summed E-state index contributed by atoms with van der Waals surface area (Å²) in [5, 5.41) is 2.01. The third kappa shape index (κ3) is 6.52. The maximum atomic E-state index is 13.8. The molecule has 0 spiro atoms. The Labute approximate surface area is 224 Å². The molecule has 1 atom stereocenters. The topological polar surface area (TPSA) is 114 Å². The van der Waals surface area contributed by atoms with Crippen molar-refractivity contribution in [1.29, 1.82) is 0 Å². The average Bonchev–Trinajstić information content (AvgIpc) is 3.14. The second kappa shape index (κ2) is 10.6. The highest BCUT2D eigenvalue weighted by molar-refractivity contribution is 7.90. The summed E-state index contributed by atoms with van der Waals surface area (Å²) < 4.78 is 90.1. The highest BCUT2D eigenvalue weighted by Gasteiger charge is 2.43. The molecule has 0 fully saturated rings. The molecule has 0 radical (unpaired) electrons. The number of anilines is 1. The predicted octanol–water partition coefficient (Wildman–Crippen LogP) is 4.20. The Morgan fingerprint density at radius 1 is 1.00 bits per heavy atom. The fourth-order valence-electron chi connectivity index (χ4n) is 3.70. The summed E-state index contributed by atoms with van der Waals surface area (Å²) in [7, 11) is -3.25. The van der Waals surface area contributed by atoms with Gasteiger partial charge < -0.3 is 19.7 Å². The minimum Gasteiger partial charge on any atom is -0.395 e. The number of ether oxygens (including phenoxy) is 2. The first-order chi connectivity index (χ1) is 18.2. The van der Waals surface area contributed by atoms with Crippen LogP contribution in [0.15, 0.2) is 65.6 Å². The maximum absolute atomic E-state index is 13.8. The lowest BCUT2D eigenvalue weighted by atomic mass is 10.0. The van der Waals surface area contributed by atoms with Gasteiger partial charge in [-0.3, -0.25) is 4.79 Å². The number of amides is 3. The summed E-state index contributed by atoms with van der Waals surface area (Å²) in [6.45, 7) is 0. The molecule has 0 saturated carbocycles. The Morgan fingerprint density at radius 2 is 1.64 bits per heavy atom. The van der Waals surface area contributed by atoms with Crippen molar-refractivity contribution in [3.63, 3.8) is 0 Å². The van der Waals surface area contributed by atoms with Crippen molar-refractivity contribution in [3.8, 4) is 11.5 Å². The van der Waals surface area contributed by atoms with E-state index in [-0.39, 0.29) is 27.8 Å². The van der Waals surface area contributed by atoms with E-state index in [9.17, 15) is 35.6 Å². The Kier molecular flexibility index (Phi) is 7.61. The SMILES string of the molecule is CN(C(=O)C(Cc1cc(F)cc(F)c1)NC(=O)NS(=O)(=O)c1ccccc1Cl)c1ccc2c(c1)OC(F)(F)O2. The van der Waals surface area contributed by atoms with Crippen molar-refractivity contribution in [2.45, 2.75) is 23.7 Å². The zero-order valence-corrected chi connectivity index (χ0v) is 21.3. The third-order valence-corrected chi connectivity index (χ3v) is 7.25. The summed E-state index contributed by atoms with van der Waals surface area (Å²) in [5.41, 5.74) is -0.0137. The average molecular weight is 588 g/mol. The largest absolute Gasteiger partial charge is 0.586 e. The van der Waals surface area contributed by atoms with Crippen molar-refractivity contribution in [2.75, 3.05) is 11.9 Å². The number of hydrogen-bond acceptors (Lipinski definition) is 6. The molecular weight excluding hydrogens is 570 g/mol. The molecule has 206 valence electrons. The van der Waals surface area contributed by atoms with E-state index in [0.29, 0.717) is 6.07 Å². The zero-order chi connectivity index (χ0) is 28.5. The highest BCUT2D eigenvalue weighted by atomic mass is 35.5. The molecule has 0 bridgehead atoms. The molecule has 3 amide bonds. The number of likely N-dealkylation sites (N-methyl/N-ethyl adjacent to an activating group) is 1. The van der Waals surface area contributed by atoms with Crippen LogP contribution in [-0.4, -0.2) is 39.7 Å². The van der Waals surface area contributed by atoms with Crippen molar-refractivity contribution >= 4 is 39.2 Å². The number of nitrogens with one attached hydrogen (secondary N) is 2. The number of hydrogen-bond donors (Lipinski definition) is 2. The van der Waals surface area contributed by atoms with Gasteiger partial charge in [-0.05, 0) is 42.0 Å². The van der Waals surface area contributed by atoms with Crippen LogP contribution in [0.1, 0.15) is 5.56 Å². The molecule has 0 saturated heterocycles. The Morgan fingerprint density at radius 3 is 2.31 bits per heavy atom. The molecular formula is C24H18ClF4N3O6S. The molecule has 15 heteroatoms. The second-order valence-corrected chi connectivity index (χ2v) is 10.3. The van der Waals surface area contributed by atoms with Crippen LogP contribution in [0.5, 0.6) is 11.5 Å². The molecule has 3 aromatic rings. The molecule has 1 heterocycles. The fourth-order valence-corrected chi connectivity index (χ4v) is 5.14. The van der Waals surface area contributed by atoms with Crippen LogP contribution >= 0.6 is 11.6 Å². The summed E-state index contributed by atoms with van der Waals surface area (Å²) in [6.07, 6.45) is -4.37. The van der Waals surface area contributed by atoms with Crippen LogP contribution in [0.4, 0.5) is 28.0 Å². The first-order valence-corrected chi connectivity index (χ1v) is 12.8. The molecule has 1 aliphatic rings. The Balaban J connectivity index is 1.59. The number of rotatable bonds is 7. The summed E-state index contributed by atoms with van der Waals surface area (Å²) in [5.74, 6) is -3.44. The highest BCUT2D eigenvalue weighted by Crippen LogP contribution is 2.42. The van der Waals surface area contributed by atoms with Crippen molar-refractivity contribution in [3.05, 3.63) is 82.9 Å². The first kappa shape index (κ1) is 28.0. The van der Waals surface area contributed by atoms with Gasteiger partial charge in [-0.1, -0.05) is 23.7 Å². The van der Waals surface area contributed by atoms with Crippen molar-refractivity contribution in [2.24, 2.45) is 0 Å². The number of nitrogens with zero attached hydrogens (tertiary/aromatic N) is 1. The fraction of sp³-hybridized carbons (Fsp3) is 0.167. The molecule has 3 aromatic carbocycles. The van der Waals surface area contributed by atoms with Crippen LogP contribution in [0.25, 0.3) is 0 Å². The number of alkyl halides is 2. The molecule has 1 aliphatic heterocycles.